The molecule has 0 spiro atoms. The van der Waals surface area contributed by atoms with Crippen molar-refractivity contribution in [3.63, 3.8) is 0 Å². The first kappa shape index (κ1) is 38.0. The van der Waals surface area contributed by atoms with Gasteiger partial charge in [0.15, 0.2) is 82.1 Å². The largest absolute Gasteiger partial charge is 0.504 e. The van der Waals surface area contributed by atoms with Gasteiger partial charge in [-0.2, -0.15) is 0 Å². The van der Waals surface area contributed by atoms with Crippen molar-refractivity contribution >= 4 is 23.9 Å². The van der Waals surface area contributed by atoms with Gasteiger partial charge in [-0.25, -0.2) is 19.2 Å². The summed E-state index contributed by atoms with van der Waals surface area (Å²) in [5, 5.41) is 133. The van der Waals surface area contributed by atoms with Crippen LogP contribution in [-0.4, -0.2) is 128 Å². The Kier molecular flexibility index (Phi) is 9.45. The summed E-state index contributed by atoms with van der Waals surface area (Å²) in [5.74, 6) is -20.2. The molecule has 4 aromatic carbocycles. The van der Waals surface area contributed by atoms with Crippen LogP contribution in [0.4, 0.5) is 0 Å². The standard InChI is InChI=1S/C34H26O22/c35-12-1-8(2-13(36)21(12)41)30(47)55-28-27-18(53-34(51)29(28)56-31(48)9-3-14(37)22(42)15(38)4-9)7-52-32(49)10-5-16(39)23(43)25(45)19(10)20-11(33(50)54-27)6-17(40)24(44)26(20)46/h1-6,18,27-29,34-46,51H,7H2/t18?,27?,28-,29?,34?/m0/s1. The lowest BCUT2D eigenvalue weighted by atomic mass is 9.92. The summed E-state index contributed by atoms with van der Waals surface area (Å²) in [6.07, 6.45) is -11.2. The van der Waals surface area contributed by atoms with E-state index in [9.17, 15) is 85.6 Å². The van der Waals surface area contributed by atoms with E-state index < -0.39 is 164 Å². The van der Waals surface area contributed by atoms with Gasteiger partial charge in [-0.15, -0.1) is 0 Å². The van der Waals surface area contributed by atoms with Crippen molar-refractivity contribution < 1.29 is 109 Å². The number of ether oxygens (including phenoxy) is 5. The Labute approximate surface area is 309 Å². The number of aromatic hydroxyl groups is 12. The van der Waals surface area contributed by atoms with Crippen LogP contribution in [0.15, 0.2) is 36.4 Å². The zero-order chi connectivity index (χ0) is 41.1. The van der Waals surface area contributed by atoms with Crippen LogP contribution in [0.5, 0.6) is 69.0 Å². The number of aliphatic hydroxyl groups is 1. The zero-order valence-electron chi connectivity index (χ0n) is 27.5. The highest BCUT2D eigenvalue weighted by molar-refractivity contribution is 6.08. The van der Waals surface area contributed by atoms with Gasteiger partial charge in [-0.05, 0) is 36.4 Å². The predicted octanol–water partition coefficient (Wildman–Crippen LogP) is 0.685. The Morgan fingerprint density at radius 3 is 1.38 bits per heavy atom. The molecule has 0 bridgehead atoms. The first-order valence-corrected chi connectivity index (χ1v) is 15.5. The summed E-state index contributed by atoms with van der Waals surface area (Å²) >= 11 is 0. The molecule has 0 radical (unpaired) electrons. The second-order valence-corrected chi connectivity index (χ2v) is 12.0. The maximum absolute atomic E-state index is 14.0. The number of hydrogen-bond donors (Lipinski definition) is 13. The Morgan fingerprint density at radius 2 is 0.929 bits per heavy atom. The molecule has 4 aromatic rings. The van der Waals surface area contributed by atoms with Crippen molar-refractivity contribution in [2.24, 2.45) is 0 Å². The van der Waals surface area contributed by atoms with Crippen LogP contribution in [0.1, 0.15) is 41.4 Å². The van der Waals surface area contributed by atoms with Crippen LogP contribution in [0.2, 0.25) is 0 Å². The smallest absolute Gasteiger partial charge is 0.339 e. The van der Waals surface area contributed by atoms with Crippen LogP contribution < -0.4 is 0 Å². The number of carbonyl (C=O) groups excluding carboxylic acids is 4. The molecule has 0 aromatic heterocycles. The van der Waals surface area contributed by atoms with E-state index in [1.165, 1.54) is 0 Å². The van der Waals surface area contributed by atoms with Crippen LogP contribution in [0, 0.1) is 0 Å². The van der Waals surface area contributed by atoms with Gasteiger partial charge in [-0.3, -0.25) is 0 Å². The molecule has 2 aliphatic heterocycles. The molecule has 22 nitrogen and oxygen atoms in total. The number of phenols is 12. The minimum absolute atomic E-state index is 0.459. The number of aliphatic hydroxyl groups excluding tert-OH is 1. The third-order valence-electron chi connectivity index (χ3n) is 8.53. The third kappa shape index (κ3) is 6.45. The van der Waals surface area contributed by atoms with E-state index in [0.717, 1.165) is 0 Å². The fourth-order valence-electron chi connectivity index (χ4n) is 5.80. The molecule has 1 saturated heterocycles. The molecular formula is C34H26O22. The third-order valence-corrected chi connectivity index (χ3v) is 8.53. The average Bonchev–Trinajstić information content (AvgIpc) is 3.16. The van der Waals surface area contributed by atoms with Crippen LogP contribution in [0.25, 0.3) is 11.1 Å². The van der Waals surface area contributed by atoms with Crippen molar-refractivity contribution in [3.05, 3.63) is 58.7 Å². The van der Waals surface area contributed by atoms with Crippen LogP contribution >= 0.6 is 0 Å². The molecule has 13 N–H and O–H groups in total. The number of cyclic esters (lactones) is 1. The van der Waals surface area contributed by atoms with E-state index in [1.807, 2.05) is 0 Å². The van der Waals surface area contributed by atoms with Gasteiger partial charge in [0.2, 0.25) is 11.5 Å². The SMILES string of the molecule is O=C(OC1C(O)OC2COC(=O)c3cc(O)c(O)c(O)c3-c3c(cc(O)c(O)c3O)C(=O)OC2[C@@H]1OC(=O)c1cc(O)c(O)c(O)c1)c1cc(O)c(O)c(O)c1. The van der Waals surface area contributed by atoms with Gasteiger partial charge in [0.25, 0.3) is 0 Å². The molecular weight excluding hydrogens is 760 g/mol. The zero-order valence-corrected chi connectivity index (χ0v) is 27.5. The molecule has 1 fully saturated rings. The van der Waals surface area contributed by atoms with Crippen molar-refractivity contribution in [1.82, 2.24) is 0 Å². The summed E-state index contributed by atoms with van der Waals surface area (Å²) in [4.78, 5) is 54.3. The van der Waals surface area contributed by atoms with Crippen molar-refractivity contribution in [3.8, 4) is 80.1 Å². The number of carbonyl (C=O) groups is 4. The predicted molar refractivity (Wildman–Crippen MR) is 174 cm³/mol. The highest BCUT2D eigenvalue weighted by Gasteiger charge is 2.53. The number of fused-ring (bicyclic) bond motifs is 4. The van der Waals surface area contributed by atoms with E-state index in [0.29, 0.717) is 36.4 Å². The summed E-state index contributed by atoms with van der Waals surface area (Å²) < 4.78 is 27.0. The van der Waals surface area contributed by atoms with Crippen LogP contribution in [-0.2, 0) is 23.7 Å². The number of benzene rings is 4. The van der Waals surface area contributed by atoms with Gasteiger partial charge < -0.3 is 90.1 Å². The molecule has 22 heteroatoms. The van der Waals surface area contributed by atoms with Crippen molar-refractivity contribution in [1.29, 1.82) is 0 Å². The highest BCUT2D eigenvalue weighted by atomic mass is 16.7. The normalized spacial score (nSPS) is 20.6. The lowest BCUT2D eigenvalue weighted by Crippen LogP contribution is -2.62. The minimum Gasteiger partial charge on any atom is -0.504 e. The number of rotatable bonds is 4. The molecule has 2 heterocycles. The maximum Gasteiger partial charge on any atom is 0.339 e. The minimum atomic E-state index is -2.42. The Balaban J connectivity index is 1.51. The van der Waals surface area contributed by atoms with E-state index in [1.54, 1.807) is 0 Å². The quantitative estimate of drug-likeness (QED) is 0.0768. The molecule has 56 heavy (non-hydrogen) atoms. The second-order valence-electron chi connectivity index (χ2n) is 12.0. The lowest BCUT2D eigenvalue weighted by Gasteiger charge is -2.42. The molecule has 294 valence electrons. The Morgan fingerprint density at radius 1 is 0.536 bits per heavy atom. The summed E-state index contributed by atoms with van der Waals surface area (Å²) in [6.45, 7) is -1.09. The van der Waals surface area contributed by atoms with Crippen molar-refractivity contribution in [2.45, 2.75) is 30.7 Å². The van der Waals surface area contributed by atoms with Gasteiger partial charge >= 0.3 is 23.9 Å². The topological polar surface area (TPSA) is 377 Å². The highest BCUT2D eigenvalue weighted by Crippen LogP contribution is 2.53. The number of hydrogen-bond acceptors (Lipinski definition) is 22. The lowest BCUT2D eigenvalue weighted by molar-refractivity contribution is -0.284. The fraction of sp³-hybridized carbons (Fsp3) is 0.176. The van der Waals surface area contributed by atoms with Gasteiger partial charge in [0.1, 0.15) is 12.7 Å². The molecule has 4 unspecified atom stereocenters. The Bertz CT molecular complexity index is 2290. The van der Waals surface area contributed by atoms with E-state index in [-0.39, 0.29) is 0 Å². The number of esters is 4. The summed E-state index contributed by atoms with van der Waals surface area (Å²) in [7, 11) is 0. The molecule has 6 rings (SSSR count). The number of phenolic OH excluding ortho intramolecular Hbond substituents is 12. The van der Waals surface area contributed by atoms with Gasteiger partial charge in [0, 0.05) is 11.1 Å². The molecule has 0 aliphatic carbocycles. The average molecular weight is 787 g/mol. The Hall–Kier alpha value is -7.72. The second kappa shape index (κ2) is 13.9. The van der Waals surface area contributed by atoms with Gasteiger partial charge in [-0.1, -0.05) is 0 Å². The first-order chi connectivity index (χ1) is 26.3. The van der Waals surface area contributed by atoms with E-state index >= 15 is 0 Å². The van der Waals surface area contributed by atoms with Gasteiger partial charge in [0.05, 0.1) is 22.3 Å². The van der Waals surface area contributed by atoms with E-state index in [2.05, 4.69) is 0 Å². The van der Waals surface area contributed by atoms with Crippen molar-refractivity contribution in [2.75, 3.05) is 6.61 Å². The maximum atomic E-state index is 14.0. The summed E-state index contributed by atoms with van der Waals surface area (Å²) in [5.41, 5.74) is -5.28. The molecule has 0 amide bonds. The molecule has 2 aliphatic rings. The summed E-state index contributed by atoms with van der Waals surface area (Å²) in [6, 6.07) is 3.41. The monoisotopic (exact) mass is 786 g/mol. The fourth-order valence-corrected chi connectivity index (χ4v) is 5.80. The van der Waals surface area contributed by atoms with Crippen LogP contribution in [0.3, 0.4) is 0 Å². The molecule has 0 saturated carbocycles. The molecule has 5 atom stereocenters. The first-order valence-electron chi connectivity index (χ1n) is 15.5. The van der Waals surface area contributed by atoms with E-state index in [4.69, 9.17) is 23.7 Å².